The topological polar surface area (TPSA) is 58.6 Å². The first-order valence-corrected chi connectivity index (χ1v) is 10.2. The molecule has 1 aliphatic rings. The summed E-state index contributed by atoms with van der Waals surface area (Å²) in [4.78, 5) is 23.7. The molecule has 2 aromatic carbocycles. The Balaban J connectivity index is 0.000000215. The molecule has 0 saturated heterocycles. The number of rotatable bonds is 4. The number of carbonyl (C=O) groups excluding carboxylic acids is 2. The van der Waals surface area contributed by atoms with Gasteiger partial charge in [-0.2, -0.15) is 0 Å². The number of carbonyl (C=O) groups is 2. The lowest BCUT2D eigenvalue weighted by molar-refractivity contribution is -0.106. The number of nitrogens with one attached hydrogen (secondary N) is 1. The summed E-state index contributed by atoms with van der Waals surface area (Å²) in [7, 11) is 3.36. The highest BCUT2D eigenvalue weighted by Gasteiger charge is 2.23. The molecule has 0 bridgehead atoms. The lowest BCUT2D eigenvalue weighted by Gasteiger charge is -2.32. The Hall–Kier alpha value is -2.15. The number of nitrogens with zero attached hydrogens (tertiary/aromatic N) is 1. The smallest absolute Gasteiger partial charge is 0.338 e. The van der Waals surface area contributed by atoms with Gasteiger partial charge in [0.15, 0.2) is 0 Å². The molecular formula is C22H25Cl2FN2O3. The number of likely N-dealkylation sites (N-methyl/N-ethyl adjacent to an activating group) is 1. The fraction of sp³-hybridized carbons (Fsp3) is 0.364. The lowest BCUT2D eigenvalue weighted by atomic mass is 9.94. The van der Waals surface area contributed by atoms with Gasteiger partial charge in [0.1, 0.15) is 12.1 Å². The van der Waals surface area contributed by atoms with E-state index in [9.17, 15) is 14.0 Å². The van der Waals surface area contributed by atoms with Crippen molar-refractivity contribution in [2.45, 2.75) is 26.3 Å². The van der Waals surface area contributed by atoms with E-state index in [2.05, 4.69) is 28.9 Å². The van der Waals surface area contributed by atoms with Crippen molar-refractivity contribution in [2.75, 3.05) is 32.6 Å². The first-order chi connectivity index (χ1) is 14.2. The van der Waals surface area contributed by atoms with Crippen LogP contribution in [0.4, 0.5) is 10.1 Å². The molecule has 5 nitrogen and oxygen atoms in total. The highest BCUT2D eigenvalue weighted by Crippen LogP contribution is 2.35. The van der Waals surface area contributed by atoms with E-state index in [4.69, 9.17) is 23.2 Å². The number of anilines is 1. The largest absolute Gasteiger partial charge is 0.465 e. The minimum atomic E-state index is -0.590. The zero-order valence-electron chi connectivity index (χ0n) is 17.4. The molecule has 0 radical (unpaired) electrons. The summed E-state index contributed by atoms with van der Waals surface area (Å²) in [6, 6.07) is 6.81. The number of hydrogen-bond acceptors (Lipinski definition) is 5. The van der Waals surface area contributed by atoms with Crippen LogP contribution in [0.1, 0.15) is 40.0 Å². The molecule has 0 saturated carbocycles. The quantitative estimate of drug-likeness (QED) is 0.515. The summed E-state index contributed by atoms with van der Waals surface area (Å²) < 4.78 is 18.0. The second kappa shape index (κ2) is 10.8. The highest BCUT2D eigenvalue weighted by atomic mass is 35.5. The monoisotopic (exact) mass is 454 g/mol. The molecule has 1 heterocycles. The van der Waals surface area contributed by atoms with Crippen LogP contribution in [0.3, 0.4) is 0 Å². The predicted octanol–water partition coefficient (Wildman–Crippen LogP) is 5.07. The molecule has 0 aliphatic carbocycles. The summed E-state index contributed by atoms with van der Waals surface area (Å²) in [5.74, 6) is -1.17. The Bertz CT molecular complexity index is 937. The number of aldehydes is 1. The Labute approximate surface area is 186 Å². The SMILES string of the molecule is CC1c2c(Cl)cc(Cl)cc2CCN1C.COC(=O)c1cc(F)c(NCC=O)cc1C. The number of fused-ring (bicyclic) bond motifs is 1. The molecule has 0 amide bonds. The van der Waals surface area contributed by atoms with Gasteiger partial charge in [-0.25, -0.2) is 9.18 Å². The number of aryl methyl sites for hydroxylation is 1. The first kappa shape index (κ1) is 24.1. The van der Waals surface area contributed by atoms with Gasteiger partial charge in [-0.1, -0.05) is 23.2 Å². The lowest BCUT2D eigenvalue weighted by Crippen LogP contribution is -2.30. The standard InChI is InChI=1S/C11H13Cl2N.C11H12FNO3/c1-7-11-8(3-4-14(7)2)5-9(12)6-10(11)13;1-7-5-10(13-3-4-14)9(12)6-8(7)11(15)16-2/h5-7H,3-4H2,1-2H3;4-6,13H,3H2,1-2H3. The third-order valence-electron chi connectivity index (χ3n) is 5.09. The number of halogens is 3. The molecule has 162 valence electrons. The summed E-state index contributed by atoms with van der Waals surface area (Å²) in [5.41, 5.74) is 3.49. The second-order valence-corrected chi connectivity index (χ2v) is 7.90. The van der Waals surface area contributed by atoms with E-state index in [-0.39, 0.29) is 17.8 Å². The molecule has 1 aliphatic heterocycles. The minimum absolute atomic E-state index is 0.0218. The number of hydrogen-bond donors (Lipinski definition) is 1. The third-order valence-corrected chi connectivity index (χ3v) is 5.62. The maximum Gasteiger partial charge on any atom is 0.338 e. The highest BCUT2D eigenvalue weighted by molar-refractivity contribution is 6.35. The van der Waals surface area contributed by atoms with Crippen molar-refractivity contribution in [3.8, 4) is 0 Å². The van der Waals surface area contributed by atoms with E-state index in [1.807, 2.05) is 12.1 Å². The molecule has 8 heteroatoms. The van der Waals surface area contributed by atoms with Gasteiger partial charge in [0.25, 0.3) is 0 Å². The molecule has 3 rings (SSSR count). The summed E-state index contributed by atoms with van der Waals surface area (Å²) in [5, 5.41) is 4.13. The fourth-order valence-electron chi connectivity index (χ4n) is 3.32. The molecule has 2 aromatic rings. The maximum absolute atomic E-state index is 13.5. The number of ether oxygens (including phenoxy) is 1. The third kappa shape index (κ3) is 5.72. The number of benzene rings is 2. The van der Waals surface area contributed by atoms with Gasteiger partial charge in [0.05, 0.1) is 24.9 Å². The van der Waals surface area contributed by atoms with Crippen LogP contribution >= 0.6 is 23.2 Å². The zero-order valence-corrected chi connectivity index (χ0v) is 18.9. The molecule has 1 atom stereocenters. The second-order valence-electron chi connectivity index (χ2n) is 7.05. The van der Waals surface area contributed by atoms with Crippen LogP contribution in [0, 0.1) is 12.7 Å². The van der Waals surface area contributed by atoms with Crippen LogP contribution in [0.2, 0.25) is 10.0 Å². The molecule has 0 spiro atoms. The van der Waals surface area contributed by atoms with E-state index >= 15 is 0 Å². The Morgan fingerprint density at radius 1 is 1.33 bits per heavy atom. The maximum atomic E-state index is 13.5. The first-order valence-electron chi connectivity index (χ1n) is 9.43. The average molecular weight is 455 g/mol. The summed E-state index contributed by atoms with van der Waals surface area (Å²) in [6.45, 7) is 4.94. The molecule has 1 unspecified atom stereocenters. The van der Waals surface area contributed by atoms with Crippen molar-refractivity contribution in [2.24, 2.45) is 0 Å². The number of esters is 1. The van der Waals surface area contributed by atoms with Crippen molar-refractivity contribution >= 4 is 41.1 Å². The zero-order chi connectivity index (χ0) is 22.4. The van der Waals surface area contributed by atoms with Crippen molar-refractivity contribution in [1.82, 2.24) is 4.90 Å². The van der Waals surface area contributed by atoms with E-state index in [0.29, 0.717) is 17.9 Å². The van der Waals surface area contributed by atoms with Crippen LogP contribution in [0.25, 0.3) is 0 Å². The van der Waals surface area contributed by atoms with Gasteiger partial charge in [0.2, 0.25) is 0 Å². The van der Waals surface area contributed by atoms with Gasteiger partial charge in [0, 0.05) is 22.6 Å². The molecule has 0 aromatic heterocycles. The van der Waals surface area contributed by atoms with Crippen molar-refractivity contribution in [1.29, 1.82) is 0 Å². The van der Waals surface area contributed by atoms with Crippen LogP contribution < -0.4 is 5.32 Å². The Morgan fingerprint density at radius 3 is 2.67 bits per heavy atom. The van der Waals surface area contributed by atoms with E-state index in [1.165, 1.54) is 24.3 Å². The predicted molar refractivity (Wildman–Crippen MR) is 118 cm³/mol. The van der Waals surface area contributed by atoms with E-state index in [1.54, 1.807) is 6.92 Å². The molecule has 30 heavy (non-hydrogen) atoms. The number of methoxy groups -OCH3 is 1. The molecule has 1 N–H and O–H groups in total. The van der Waals surface area contributed by atoms with Crippen LogP contribution in [0.5, 0.6) is 0 Å². The van der Waals surface area contributed by atoms with Crippen LogP contribution in [-0.2, 0) is 16.0 Å². The van der Waals surface area contributed by atoms with E-state index < -0.39 is 11.8 Å². The molecular weight excluding hydrogens is 430 g/mol. The summed E-state index contributed by atoms with van der Waals surface area (Å²) in [6.07, 6.45) is 1.67. The average Bonchev–Trinajstić information content (AvgIpc) is 2.70. The Morgan fingerprint density at radius 2 is 2.03 bits per heavy atom. The van der Waals surface area contributed by atoms with Gasteiger partial charge in [-0.05, 0) is 68.3 Å². The summed E-state index contributed by atoms with van der Waals surface area (Å²) >= 11 is 12.2. The van der Waals surface area contributed by atoms with Gasteiger partial charge in [-0.15, -0.1) is 0 Å². The fourth-order valence-corrected chi connectivity index (χ4v) is 4.02. The van der Waals surface area contributed by atoms with Crippen LogP contribution in [-0.4, -0.2) is 44.4 Å². The minimum Gasteiger partial charge on any atom is -0.465 e. The van der Waals surface area contributed by atoms with Gasteiger partial charge in [-0.3, -0.25) is 4.90 Å². The van der Waals surface area contributed by atoms with Crippen molar-refractivity contribution in [3.05, 3.63) is 62.4 Å². The normalized spacial score (nSPS) is 15.5. The van der Waals surface area contributed by atoms with Crippen LogP contribution in [0.15, 0.2) is 24.3 Å². The van der Waals surface area contributed by atoms with E-state index in [0.717, 1.165) is 29.1 Å². The van der Waals surface area contributed by atoms with Crippen molar-refractivity contribution in [3.63, 3.8) is 0 Å². The van der Waals surface area contributed by atoms with Gasteiger partial charge >= 0.3 is 5.97 Å². The molecule has 0 fully saturated rings. The van der Waals surface area contributed by atoms with Crippen molar-refractivity contribution < 1.29 is 18.7 Å². The van der Waals surface area contributed by atoms with Gasteiger partial charge < -0.3 is 14.8 Å². The Kier molecular flexibility index (Phi) is 8.65.